The highest BCUT2D eigenvalue weighted by molar-refractivity contribution is 6.25. The van der Waals surface area contributed by atoms with Crippen LogP contribution in [0.1, 0.15) is 19.3 Å². The molecule has 1 saturated carbocycles. The van der Waals surface area contributed by atoms with Gasteiger partial charge in [0.05, 0.1) is 23.3 Å². The number of likely N-dealkylation sites (N-methyl/N-ethyl adjacent to an activating group) is 1. The molecule has 4 aliphatic carbocycles. The van der Waals surface area contributed by atoms with E-state index in [1.807, 2.05) is 30.3 Å². The molecule has 1 fully saturated rings. The van der Waals surface area contributed by atoms with Gasteiger partial charge in [0.2, 0.25) is 5.78 Å². The van der Waals surface area contributed by atoms with Crippen LogP contribution >= 0.6 is 0 Å². The molecule has 47 heavy (non-hydrogen) atoms. The Labute approximate surface area is 270 Å². The summed E-state index contributed by atoms with van der Waals surface area (Å²) in [6, 6.07) is 10.3. The highest BCUT2D eigenvalue weighted by Crippen LogP contribution is 2.54. The molecule has 3 amide bonds. The van der Waals surface area contributed by atoms with Crippen molar-refractivity contribution < 1.29 is 39.6 Å². The third kappa shape index (κ3) is 4.76. The Kier molecular flexibility index (Phi) is 7.64. The number of hydrogen-bond donors (Lipinski definition) is 7. The maximum atomic E-state index is 14.3. The van der Waals surface area contributed by atoms with E-state index < -0.39 is 75.9 Å². The van der Waals surface area contributed by atoms with Crippen LogP contribution in [0.25, 0.3) is 10.8 Å². The van der Waals surface area contributed by atoms with Crippen LogP contribution in [-0.4, -0.2) is 99.6 Å². The van der Waals surface area contributed by atoms with Crippen LogP contribution in [0.3, 0.4) is 0 Å². The fourth-order valence-corrected chi connectivity index (χ4v) is 7.73. The zero-order valence-corrected chi connectivity index (χ0v) is 26.4. The van der Waals surface area contributed by atoms with Gasteiger partial charge in [-0.2, -0.15) is 0 Å². The molecule has 246 valence electrons. The molecule has 0 heterocycles. The second-order valence-corrected chi connectivity index (χ2v) is 12.9. The Balaban J connectivity index is 1.40. The zero-order chi connectivity index (χ0) is 34.1. The fraction of sp³-hybridized carbons (Fsp3) is 0.353. The minimum absolute atomic E-state index is 0.0142. The first-order chi connectivity index (χ1) is 22.2. The lowest BCUT2D eigenvalue weighted by Crippen LogP contribution is -2.63. The molecular weight excluding hydrogens is 606 g/mol. The van der Waals surface area contributed by atoms with Gasteiger partial charge < -0.3 is 41.7 Å². The van der Waals surface area contributed by atoms with Crippen molar-refractivity contribution in [1.82, 2.24) is 15.1 Å². The second kappa shape index (κ2) is 11.3. The Morgan fingerprint density at radius 2 is 1.64 bits per heavy atom. The molecule has 8 N–H and O–H groups in total. The summed E-state index contributed by atoms with van der Waals surface area (Å²) in [5, 5.41) is 53.3. The molecule has 0 radical (unpaired) electrons. The lowest BCUT2D eigenvalue weighted by molar-refractivity contribution is -0.149. The van der Waals surface area contributed by atoms with Crippen molar-refractivity contribution in [3.63, 3.8) is 0 Å². The number of carbonyl (C=O) groups excluding carboxylic acids is 4. The first kappa shape index (κ1) is 31.8. The number of aliphatic hydroxyl groups is 4. The first-order valence-corrected chi connectivity index (χ1v) is 15.2. The number of nitrogens with two attached hydrogens (primary N) is 1. The van der Waals surface area contributed by atoms with Gasteiger partial charge in [0, 0.05) is 43.1 Å². The van der Waals surface area contributed by atoms with Gasteiger partial charge in [0.25, 0.3) is 5.91 Å². The maximum absolute atomic E-state index is 14.3. The van der Waals surface area contributed by atoms with Crippen LogP contribution < -0.4 is 16.4 Å². The van der Waals surface area contributed by atoms with Gasteiger partial charge in [-0.3, -0.25) is 19.3 Å². The summed E-state index contributed by atoms with van der Waals surface area (Å²) >= 11 is 0. The van der Waals surface area contributed by atoms with Crippen molar-refractivity contribution in [3.8, 4) is 0 Å². The number of hydrogen-bond acceptors (Lipinski definition) is 10. The van der Waals surface area contributed by atoms with Crippen LogP contribution in [0.4, 0.5) is 10.5 Å². The Bertz CT molecular complexity index is 1880. The number of allylic oxidation sites excluding steroid dienone is 3. The third-order valence-electron chi connectivity index (χ3n) is 9.83. The highest BCUT2D eigenvalue weighted by Gasteiger charge is 2.63. The largest absolute Gasteiger partial charge is 0.510 e. The Morgan fingerprint density at radius 3 is 2.30 bits per heavy atom. The maximum Gasteiger partial charge on any atom is 0.319 e. The number of ketones is 2. The second-order valence-electron chi connectivity index (χ2n) is 12.9. The Hall–Kier alpha value is -5.14. The lowest BCUT2D eigenvalue weighted by Gasteiger charge is -2.50. The average Bonchev–Trinajstić information content (AvgIpc) is 3.00. The average molecular weight is 644 g/mol. The quantitative estimate of drug-likeness (QED) is 0.237. The van der Waals surface area contributed by atoms with Crippen molar-refractivity contribution in [2.24, 2.45) is 17.6 Å². The summed E-state index contributed by atoms with van der Waals surface area (Å²) in [6.45, 7) is 0. The molecule has 1 unspecified atom stereocenters. The van der Waals surface area contributed by atoms with Crippen LogP contribution in [0.2, 0.25) is 0 Å². The van der Waals surface area contributed by atoms with E-state index in [0.717, 1.165) is 10.8 Å². The standard InChI is InChI=1S/C34H37N5O8/c1-38(2)22-14-21(37-33(46)36-20-11-7-9-15-8-5-6-10-17(15)20)27(40)24-18(22)12-16-13-19-26(39(3)4)29(42)25(32(35)45)31(44)34(19,47)30(43)23(16)28(24)41/h5-11,16,19,21,26,40,42-43,47H,12-14H2,1-4H3,(H2,35,45)(H2,36,37,46)/t16-,19-,21?,26-,34-/m0/s1. The summed E-state index contributed by atoms with van der Waals surface area (Å²) in [5.41, 5.74) is 3.14. The molecule has 2 aromatic carbocycles. The minimum Gasteiger partial charge on any atom is -0.510 e. The molecular formula is C34H37N5O8. The number of urea groups is 1. The molecule has 0 aromatic heterocycles. The summed E-state index contributed by atoms with van der Waals surface area (Å²) in [5.74, 6) is -7.21. The number of nitrogens with one attached hydrogen (secondary N) is 2. The van der Waals surface area contributed by atoms with Crippen LogP contribution in [0.5, 0.6) is 0 Å². The molecule has 5 atom stereocenters. The first-order valence-electron chi connectivity index (χ1n) is 15.2. The lowest BCUT2D eigenvalue weighted by atomic mass is 9.57. The monoisotopic (exact) mass is 643 g/mol. The van der Waals surface area contributed by atoms with Crippen molar-refractivity contribution in [3.05, 3.63) is 87.7 Å². The topological polar surface area (TPSA) is 206 Å². The molecule has 0 spiro atoms. The number of rotatable bonds is 5. The number of anilines is 1. The van der Waals surface area contributed by atoms with Gasteiger partial charge in [-0.25, -0.2) is 4.79 Å². The van der Waals surface area contributed by atoms with E-state index in [4.69, 9.17) is 5.73 Å². The summed E-state index contributed by atoms with van der Waals surface area (Å²) in [6.07, 6.45) is 0.296. The van der Waals surface area contributed by atoms with Crippen molar-refractivity contribution in [2.75, 3.05) is 33.5 Å². The Morgan fingerprint density at radius 1 is 0.957 bits per heavy atom. The number of Topliss-reactive ketones (excluding diaryl/α,β-unsaturated/α-hetero) is 2. The third-order valence-corrected chi connectivity index (χ3v) is 9.83. The zero-order valence-electron chi connectivity index (χ0n) is 26.4. The molecule has 2 aromatic rings. The fourth-order valence-electron chi connectivity index (χ4n) is 7.73. The highest BCUT2D eigenvalue weighted by atomic mass is 16.3. The summed E-state index contributed by atoms with van der Waals surface area (Å²) in [7, 11) is 6.71. The van der Waals surface area contributed by atoms with Crippen LogP contribution in [0.15, 0.2) is 87.7 Å². The molecule has 0 saturated heterocycles. The molecule has 6 rings (SSSR count). The predicted molar refractivity (Wildman–Crippen MR) is 172 cm³/mol. The van der Waals surface area contributed by atoms with E-state index in [2.05, 4.69) is 10.6 Å². The van der Waals surface area contributed by atoms with E-state index in [1.54, 1.807) is 45.2 Å². The molecule has 13 nitrogen and oxygen atoms in total. The number of amides is 3. The van der Waals surface area contributed by atoms with Crippen molar-refractivity contribution in [1.29, 1.82) is 0 Å². The predicted octanol–water partition coefficient (Wildman–Crippen LogP) is 2.32. The van der Waals surface area contributed by atoms with Gasteiger partial charge in [-0.1, -0.05) is 36.4 Å². The number of carbonyl (C=O) groups is 4. The number of nitrogens with zero attached hydrogens (tertiary/aromatic N) is 2. The number of aliphatic hydroxyl groups excluding tert-OH is 3. The normalized spacial score (nSPS) is 27.5. The van der Waals surface area contributed by atoms with E-state index in [-0.39, 0.29) is 30.4 Å². The van der Waals surface area contributed by atoms with Crippen LogP contribution in [0, 0.1) is 11.8 Å². The van der Waals surface area contributed by atoms with Crippen molar-refractivity contribution >= 4 is 40.0 Å². The van der Waals surface area contributed by atoms with Crippen molar-refractivity contribution in [2.45, 2.75) is 36.9 Å². The van der Waals surface area contributed by atoms with Crippen LogP contribution in [-0.2, 0) is 14.4 Å². The number of fused-ring (bicyclic) bond motifs is 4. The van der Waals surface area contributed by atoms with E-state index in [1.165, 1.54) is 4.90 Å². The van der Waals surface area contributed by atoms with E-state index in [0.29, 0.717) is 17.0 Å². The number of primary amides is 1. The van der Waals surface area contributed by atoms with Gasteiger partial charge >= 0.3 is 6.03 Å². The molecule has 13 heteroatoms. The summed E-state index contributed by atoms with van der Waals surface area (Å²) < 4.78 is 0. The molecule has 4 aliphatic rings. The summed E-state index contributed by atoms with van der Waals surface area (Å²) in [4.78, 5) is 56.6. The molecule has 0 aliphatic heterocycles. The SMILES string of the molecule is CN(C)C1=C2C[C@H]3C[C@H]4[C@H](N(C)C)C(O)=C(C(N)=O)C(=O)[C@@]4(O)C(O)=C3C(=O)C2=C(O)C(NC(=O)Nc2cccc3ccccc23)C1. The van der Waals surface area contributed by atoms with Gasteiger partial charge in [0.1, 0.15) is 22.9 Å². The number of benzene rings is 2. The van der Waals surface area contributed by atoms with Gasteiger partial charge in [-0.15, -0.1) is 0 Å². The smallest absolute Gasteiger partial charge is 0.319 e. The van der Waals surface area contributed by atoms with Gasteiger partial charge in [0.15, 0.2) is 11.4 Å². The van der Waals surface area contributed by atoms with Gasteiger partial charge in [-0.05, 0) is 49.9 Å². The van der Waals surface area contributed by atoms with E-state index in [9.17, 15) is 39.6 Å². The minimum atomic E-state index is -2.74. The van der Waals surface area contributed by atoms with E-state index >= 15 is 0 Å². The molecule has 0 bridgehead atoms.